The van der Waals surface area contributed by atoms with Gasteiger partial charge in [-0.2, -0.15) is 0 Å². The lowest BCUT2D eigenvalue weighted by atomic mass is 9.69. The van der Waals surface area contributed by atoms with Crippen molar-refractivity contribution in [3.63, 3.8) is 0 Å². The van der Waals surface area contributed by atoms with E-state index in [0.717, 1.165) is 47.5 Å². The second-order valence-corrected chi connectivity index (χ2v) is 7.96. The number of hydrogen-bond donors (Lipinski definition) is 1. The standard InChI is InChI=1S/C21H23N5O2/c1-4-14-10-26(17-6-18(24-13(3)27)22-9-16(14)17)19-5-12(2)23-20(25-19)21-7-15(8-21)28-11-21/h5-6,9-10,15H,4,7-8,11H2,1-3H3,(H,22,24,27). The van der Waals surface area contributed by atoms with Gasteiger partial charge in [-0.1, -0.05) is 6.92 Å². The normalized spacial score (nSPS) is 23.0. The number of hydrogen-bond acceptors (Lipinski definition) is 5. The molecule has 0 radical (unpaired) electrons. The van der Waals surface area contributed by atoms with Crippen LogP contribution in [0, 0.1) is 6.92 Å². The molecule has 0 atom stereocenters. The van der Waals surface area contributed by atoms with Crippen molar-refractivity contribution in [2.75, 3.05) is 11.9 Å². The highest BCUT2D eigenvalue weighted by atomic mass is 16.5. The fourth-order valence-corrected chi connectivity index (χ4v) is 4.39. The second-order valence-electron chi connectivity index (χ2n) is 7.96. The van der Waals surface area contributed by atoms with E-state index in [1.165, 1.54) is 12.5 Å². The van der Waals surface area contributed by atoms with E-state index in [0.29, 0.717) is 18.5 Å². The molecule has 3 aliphatic rings. The summed E-state index contributed by atoms with van der Waals surface area (Å²) < 4.78 is 7.86. The Morgan fingerprint density at radius 1 is 1.36 bits per heavy atom. The van der Waals surface area contributed by atoms with Crippen LogP contribution in [0.1, 0.15) is 43.8 Å². The van der Waals surface area contributed by atoms with Crippen molar-refractivity contribution in [3.8, 4) is 5.82 Å². The van der Waals surface area contributed by atoms with Gasteiger partial charge in [-0.05, 0) is 31.7 Å². The maximum absolute atomic E-state index is 11.5. The fourth-order valence-electron chi connectivity index (χ4n) is 4.39. The SMILES string of the molecule is CCc1cn(-c2cc(C)nc(C34COC(C3)C4)n2)c2cc(NC(C)=O)ncc12. The van der Waals surface area contributed by atoms with Crippen LogP contribution in [0.2, 0.25) is 0 Å². The zero-order valence-electron chi connectivity index (χ0n) is 16.3. The molecule has 0 aromatic carbocycles. The van der Waals surface area contributed by atoms with Crippen molar-refractivity contribution in [1.82, 2.24) is 19.5 Å². The predicted octanol–water partition coefficient (Wildman–Crippen LogP) is 3.08. The molecular formula is C21H23N5O2. The van der Waals surface area contributed by atoms with Crippen LogP contribution in [0.25, 0.3) is 16.7 Å². The van der Waals surface area contributed by atoms with Gasteiger partial charge in [0.1, 0.15) is 17.5 Å². The zero-order valence-corrected chi connectivity index (χ0v) is 16.3. The topological polar surface area (TPSA) is 81.9 Å². The summed E-state index contributed by atoms with van der Waals surface area (Å²) in [7, 11) is 0. The summed E-state index contributed by atoms with van der Waals surface area (Å²) in [5.74, 6) is 2.13. The van der Waals surface area contributed by atoms with Gasteiger partial charge >= 0.3 is 0 Å². The van der Waals surface area contributed by atoms with Crippen LogP contribution in [-0.4, -0.2) is 38.1 Å². The number of carbonyl (C=O) groups excluding carboxylic acids is 1. The molecule has 28 heavy (non-hydrogen) atoms. The van der Waals surface area contributed by atoms with Crippen LogP contribution in [-0.2, 0) is 21.4 Å². The molecule has 7 nitrogen and oxygen atoms in total. The van der Waals surface area contributed by atoms with Crippen molar-refractivity contribution < 1.29 is 9.53 Å². The number of pyridine rings is 1. The number of amides is 1. The summed E-state index contributed by atoms with van der Waals surface area (Å²) in [6.45, 7) is 6.33. The van der Waals surface area contributed by atoms with E-state index in [4.69, 9.17) is 14.7 Å². The van der Waals surface area contributed by atoms with E-state index in [9.17, 15) is 4.79 Å². The molecule has 1 amide bonds. The number of fused-ring (bicyclic) bond motifs is 2. The molecule has 2 bridgehead atoms. The lowest BCUT2D eigenvalue weighted by Crippen LogP contribution is -2.39. The van der Waals surface area contributed by atoms with E-state index >= 15 is 0 Å². The smallest absolute Gasteiger partial charge is 0.222 e. The molecular weight excluding hydrogens is 354 g/mol. The molecule has 7 heteroatoms. The van der Waals surface area contributed by atoms with Crippen molar-refractivity contribution in [2.45, 2.75) is 51.6 Å². The van der Waals surface area contributed by atoms with Gasteiger partial charge in [0.15, 0.2) is 0 Å². The molecule has 5 heterocycles. The number of aryl methyl sites for hydroxylation is 2. The third-order valence-corrected chi connectivity index (χ3v) is 5.85. The largest absolute Gasteiger partial charge is 0.377 e. The first-order valence-corrected chi connectivity index (χ1v) is 9.73. The summed E-state index contributed by atoms with van der Waals surface area (Å²) in [6.07, 6.45) is 7.23. The average Bonchev–Trinajstić information content (AvgIpc) is 3.33. The maximum Gasteiger partial charge on any atom is 0.222 e. The molecule has 1 N–H and O–H groups in total. The van der Waals surface area contributed by atoms with Crippen molar-refractivity contribution >= 4 is 22.6 Å². The maximum atomic E-state index is 11.5. The summed E-state index contributed by atoms with van der Waals surface area (Å²) in [4.78, 5) is 25.5. The van der Waals surface area contributed by atoms with E-state index in [2.05, 4.69) is 28.0 Å². The first kappa shape index (κ1) is 17.3. The van der Waals surface area contributed by atoms with Gasteiger partial charge in [0, 0.05) is 42.5 Å². The van der Waals surface area contributed by atoms with Crippen LogP contribution >= 0.6 is 0 Å². The highest BCUT2D eigenvalue weighted by molar-refractivity contribution is 5.92. The molecule has 2 saturated heterocycles. The van der Waals surface area contributed by atoms with Crippen LogP contribution < -0.4 is 5.32 Å². The predicted molar refractivity (Wildman–Crippen MR) is 106 cm³/mol. The summed E-state index contributed by atoms with van der Waals surface area (Å²) in [6, 6.07) is 3.91. The molecule has 2 aliphatic heterocycles. The lowest BCUT2D eigenvalue weighted by molar-refractivity contribution is -0.114. The third kappa shape index (κ3) is 2.61. The van der Waals surface area contributed by atoms with E-state index in [1.807, 2.05) is 25.3 Å². The number of ether oxygens (including phenoxy) is 1. The molecule has 3 aromatic heterocycles. The van der Waals surface area contributed by atoms with Crippen molar-refractivity contribution in [3.05, 3.63) is 41.6 Å². The number of rotatable bonds is 4. The Kier molecular flexibility index (Phi) is 3.77. The van der Waals surface area contributed by atoms with Crippen molar-refractivity contribution in [1.29, 1.82) is 0 Å². The summed E-state index contributed by atoms with van der Waals surface area (Å²) in [5, 5.41) is 3.84. The third-order valence-electron chi connectivity index (χ3n) is 5.85. The Hall–Kier alpha value is -2.80. The average molecular weight is 377 g/mol. The first-order chi connectivity index (χ1) is 13.5. The Bertz CT molecular complexity index is 1090. The van der Waals surface area contributed by atoms with Gasteiger partial charge in [0.05, 0.1) is 23.6 Å². The number of anilines is 1. The zero-order chi connectivity index (χ0) is 19.5. The minimum atomic E-state index is -0.138. The molecule has 144 valence electrons. The lowest BCUT2D eigenvalue weighted by Gasteiger charge is -2.33. The van der Waals surface area contributed by atoms with Crippen LogP contribution in [0.4, 0.5) is 5.82 Å². The van der Waals surface area contributed by atoms with E-state index in [1.54, 1.807) is 0 Å². The van der Waals surface area contributed by atoms with Gasteiger partial charge in [-0.3, -0.25) is 4.79 Å². The molecule has 6 rings (SSSR count). The molecule has 1 aliphatic carbocycles. The van der Waals surface area contributed by atoms with Crippen LogP contribution in [0.5, 0.6) is 0 Å². The van der Waals surface area contributed by atoms with Gasteiger partial charge in [-0.15, -0.1) is 0 Å². The summed E-state index contributed by atoms with van der Waals surface area (Å²) >= 11 is 0. The quantitative estimate of drug-likeness (QED) is 0.756. The Morgan fingerprint density at radius 2 is 2.18 bits per heavy atom. The summed E-state index contributed by atoms with van der Waals surface area (Å²) in [5.41, 5.74) is 3.10. The van der Waals surface area contributed by atoms with Gasteiger partial charge in [0.2, 0.25) is 5.91 Å². The monoisotopic (exact) mass is 377 g/mol. The highest BCUT2D eigenvalue weighted by Crippen LogP contribution is 2.50. The molecule has 3 aromatic rings. The molecule has 1 saturated carbocycles. The Labute approximate surface area is 163 Å². The van der Waals surface area contributed by atoms with Gasteiger partial charge in [-0.25, -0.2) is 15.0 Å². The van der Waals surface area contributed by atoms with Gasteiger partial charge in [0.25, 0.3) is 0 Å². The van der Waals surface area contributed by atoms with Crippen LogP contribution in [0.3, 0.4) is 0 Å². The first-order valence-electron chi connectivity index (χ1n) is 9.73. The number of nitrogens with one attached hydrogen (secondary N) is 1. The Balaban J connectivity index is 1.66. The van der Waals surface area contributed by atoms with Crippen LogP contribution in [0.15, 0.2) is 24.5 Å². The Morgan fingerprint density at radius 3 is 2.86 bits per heavy atom. The van der Waals surface area contributed by atoms with E-state index in [-0.39, 0.29) is 11.3 Å². The highest BCUT2D eigenvalue weighted by Gasteiger charge is 2.55. The number of nitrogens with zero attached hydrogens (tertiary/aromatic N) is 4. The molecule has 0 unspecified atom stereocenters. The molecule has 0 spiro atoms. The van der Waals surface area contributed by atoms with Gasteiger partial charge < -0.3 is 14.6 Å². The second kappa shape index (κ2) is 6.10. The fraction of sp³-hybridized carbons (Fsp3) is 0.429. The van der Waals surface area contributed by atoms with Crippen molar-refractivity contribution in [2.24, 2.45) is 0 Å². The number of aromatic nitrogens is 4. The minimum Gasteiger partial charge on any atom is -0.377 e. The molecule has 3 fully saturated rings. The minimum absolute atomic E-state index is 0.0229. The van der Waals surface area contributed by atoms with E-state index < -0.39 is 0 Å². The number of carbonyl (C=O) groups is 1.